The maximum atomic E-state index is 12.8. The first-order valence-corrected chi connectivity index (χ1v) is 9.78. The molecule has 2 heterocycles. The van der Waals surface area contributed by atoms with Crippen molar-refractivity contribution in [3.8, 4) is 11.8 Å². The average molecular weight is 399 g/mol. The minimum Gasteiger partial charge on any atom is -0.321 e. The summed E-state index contributed by atoms with van der Waals surface area (Å²) in [6.45, 7) is 1.78. The summed E-state index contributed by atoms with van der Waals surface area (Å²) in [6.07, 6.45) is 1.47. The highest BCUT2D eigenvalue weighted by Gasteiger charge is 2.19. The van der Waals surface area contributed by atoms with E-state index in [1.165, 1.54) is 22.2 Å². The molecule has 0 radical (unpaired) electrons. The Labute approximate surface area is 171 Å². The standard InChI is InChI=1S/C23H17N3O2S/c1-15-19-22(24-14-26(2)23(19)28)29-20(15)21(27)25-18-10-6-9-17(13-18)12-11-16-7-4-3-5-8-16/h3-10,13-14H,1-2H3,(H,25,27). The highest BCUT2D eigenvalue weighted by molar-refractivity contribution is 7.20. The van der Waals surface area contributed by atoms with E-state index in [9.17, 15) is 9.59 Å². The first-order chi connectivity index (χ1) is 14.0. The van der Waals surface area contributed by atoms with Crippen molar-refractivity contribution in [2.45, 2.75) is 6.92 Å². The number of anilines is 1. The number of rotatable bonds is 2. The summed E-state index contributed by atoms with van der Waals surface area (Å²) in [6, 6.07) is 17.1. The molecule has 0 saturated carbocycles. The number of hydrogen-bond donors (Lipinski definition) is 1. The maximum absolute atomic E-state index is 12.8. The van der Waals surface area contributed by atoms with Gasteiger partial charge in [-0.3, -0.25) is 9.59 Å². The Morgan fingerprint density at radius 3 is 2.59 bits per heavy atom. The third kappa shape index (κ3) is 3.82. The number of carbonyl (C=O) groups excluding carboxylic acids is 1. The van der Waals surface area contributed by atoms with Crippen LogP contribution in [0.3, 0.4) is 0 Å². The molecule has 1 N–H and O–H groups in total. The number of benzene rings is 2. The molecule has 142 valence electrons. The van der Waals surface area contributed by atoms with Crippen LogP contribution >= 0.6 is 11.3 Å². The van der Waals surface area contributed by atoms with Crippen molar-refractivity contribution in [2.75, 3.05) is 5.32 Å². The molecule has 6 heteroatoms. The smallest absolute Gasteiger partial charge is 0.266 e. The van der Waals surface area contributed by atoms with Crippen molar-refractivity contribution < 1.29 is 4.79 Å². The van der Waals surface area contributed by atoms with Gasteiger partial charge in [-0.1, -0.05) is 36.1 Å². The summed E-state index contributed by atoms with van der Waals surface area (Å²) in [7, 11) is 1.65. The topological polar surface area (TPSA) is 64.0 Å². The second kappa shape index (κ2) is 7.74. The Balaban J connectivity index is 1.60. The predicted octanol–water partition coefficient (Wildman–Crippen LogP) is 3.96. The van der Waals surface area contributed by atoms with Crippen LogP contribution in [0.1, 0.15) is 26.4 Å². The lowest BCUT2D eigenvalue weighted by molar-refractivity contribution is 0.103. The fraction of sp³-hybridized carbons (Fsp3) is 0.0870. The van der Waals surface area contributed by atoms with Crippen LogP contribution in [0.15, 0.2) is 65.7 Å². The van der Waals surface area contributed by atoms with E-state index >= 15 is 0 Å². The zero-order chi connectivity index (χ0) is 20.4. The molecule has 0 unspecified atom stereocenters. The lowest BCUT2D eigenvalue weighted by atomic mass is 10.1. The van der Waals surface area contributed by atoms with Crippen LogP contribution in [0.2, 0.25) is 0 Å². The SMILES string of the molecule is Cc1c(C(=O)Nc2cccc(C#Cc3ccccc3)c2)sc2ncn(C)c(=O)c12. The molecule has 2 aromatic carbocycles. The number of aryl methyl sites for hydroxylation is 2. The molecular weight excluding hydrogens is 382 g/mol. The molecule has 5 nitrogen and oxygen atoms in total. The molecule has 1 amide bonds. The van der Waals surface area contributed by atoms with Crippen LogP contribution in [0.25, 0.3) is 10.2 Å². The van der Waals surface area contributed by atoms with E-state index < -0.39 is 0 Å². The zero-order valence-corrected chi connectivity index (χ0v) is 16.7. The molecule has 0 aliphatic carbocycles. The number of fused-ring (bicyclic) bond motifs is 1. The summed E-state index contributed by atoms with van der Waals surface area (Å²) in [5.41, 5.74) is 2.87. The van der Waals surface area contributed by atoms with E-state index in [0.29, 0.717) is 26.3 Å². The first-order valence-electron chi connectivity index (χ1n) is 8.96. The minimum absolute atomic E-state index is 0.152. The third-order valence-electron chi connectivity index (χ3n) is 4.46. The fourth-order valence-corrected chi connectivity index (χ4v) is 3.99. The molecule has 4 rings (SSSR count). The van der Waals surface area contributed by atoms with Crippen molar-refractivity contribution in [3.63, 3.8) is 0 Å². The third-order valence-corrected chi connectivity index (χ3v) is 5.66. The van der Waals surface area contributed by atoms with Gasteiger partial charge in [-0.15, -0.1) is 11.3 Å². The molecule has 0 atom stereocenters. The van der Waals surface area contributed by atoms with Crippen molar-refractivity contribution in [1.29, 1.82) is 0 Å². The predicted molar refractivity (Wildman–Crippen MR) is 116 cm³/mol. The largest absolute Gasteiger partial charge is 0.321 e. The summed E-state index contributed by atoms with van der Waals surface area (Å²) in [5, 5.41) is 3.39. The summed E-state index contributed by atoms with van der Waals surface area (Å²) in [4.78, 5) is 30.5. The molecule has 0 aliphatic heterocycles. The van der Waals surface area contributed by atoms with Gasteiger partial charge in [-0.2, -0.15) is 0 Å². The number of nitrogens with zero attached hydrogens (tertiary/aromatic N) is 2. The maximum Gasteiger partial charge on any atom is 0.266 e. The van der Waals surface area contributed by atoms with E-state index in [1.807, 2.05) is 54.6 Å². The van der Waals surface area contributed by atoms with Crippen molar-refractivity contribution >= 4 is 33.1 Å². The highest BCUT2D eigenvalue weighted by atomic mass is 32.1. The van der Waals surface area contributed by atoms with Gasteiger partial charge in [0.05, 0.1) is 16.6 Å². The van der Waals surface area contributed by atoms with Crippen LogP contribution in [0, 0.1) is 18.8 Å². The second-order valence-electron chi connectivity index (χ2n) is 6.55. The molecule has 0 fully saturated rings. The number of carbonyl (C=O) groups is 1. The van der Waals surface area contributed by atoms with E-state index in [-0.39, 0.29) is 11.5 Å². The first kappa shape index (κ1) is 18.7. The van der Waals surface area contributed by atoms with Gasteiger partial charge in [0.25, 0.3) is 11.5 Å². The van der Waals surface area contributed by atoms with Gasteiger partial charge >= 0.3 is 0 Å². The average Bonchev–Trinajstić information content (AvgIpc) is 3.07. The van der Waals surface area contributed by atoms with Gasteiger partial charge in [0.2, 0.25) is 0 Å². The Bertz CT molecular complexity index is 1340. The van der Waals surface area contributed by atoms with Crippen molar-refractivity contribution in [1.82, 2.24) is 9.55 Å². The van der Waals surface area contributed by atoms with Gasteiger partial charge in [0.15, 0.2) is 0 Å². The van der Waals surface area contributed by atoms with Gasteiger partial charge in [0, 0.05) is 23.9 Å². The van der Waals surface area contributed by atoms with Gasteiger partial charge < -0.3 is 9.88 Å². The number of nitrogens with one attached hydrogen (secondary N) is 1. The van der Waals surface area contributed by atoms with E-state index in [4.69, 9.17) is 0 Å². The summed E-state index contributed by atoms with van der Waals surface area (Å²) in [5.74, 6) is 5.95. The molecular formula is C23H17N3O2S. The highest BCUT2D eigenvalue weighted by Crippen LogP contribution is 2.27. The van der Waals surface area contributed by atoms with Crippen LogP contribution in [-0.2, 0) is 7.05 Å². The molecule has 0 saturated heterocycles. The summed E-state index contributed by atoms with van der Waals surface area (Å²) < 4.78 is 1.42. The Hall–Kier alpha value is -3.69. The molecule has 2 aromatic heterocycles. The normalized spacial score (nSPS) is 10.4. The Kier molecular flexibility index (Phi) is 4.98. The van der Waals surface area contributed by atoms with Crippen LogP contribution in [0.5, 0.6) is 0 Å². The molecule has 4 aromatic rings. The monoisotopic (exact) mass is 399 g/mol. The lowest BCUT2D eigenvalue weighted by Gasteiger charge is -2.05. The number of aromatic nitrogens is 2. The van der Waals surface area contributed by atoms with Crippen molar-refractivity contribution in [3.05, 3.63) is 92.8 Å². The minimum atomic E-state index is -0.263. The van der Waals surface area contributed by atoms with Crippen LogP contribution < -0.4 is 10.9 Å². The van der Waals surface area contributed by atoms with Crippen LogP contribution in [0.4, 0.5) is 5.69 Å². The van der Waals surface area contributed by atoms with Crippen molar-refractivity contribution in [2.24, 2.45) is 7.05 Å². The van der Waals surface area contributed by atoms with E-state index in [2.05, 4.69) is 22.1 Å². The molecule has 29 heavy (non-hydrogen) atoms. The fourth-order valence-electron chi connectivity index (χ4n) is 2.95. The Morgan fingerprint density at radius 2 is 1.79 bits per heavy atom. The molecule has 0 aliphatic rings. The Morgan fingerprint density at radius 1 is 1.07 bits per heavy atom. The van der Waals surface area contributed by atoms with E-state index in [1.54, 1.807) is 14.0 Å². The molecule has 0 bridgehead atoms. The van der Waals surface area contributed by atoms with Gasteiger partial charge in [-0.05, 0) is 42.8 Å². The zero-order valence-electron chi connectivity index (χ0n) is 15.9. The van der Waals surface area contributed by atoms with Gasteiger partial charge in [-0.25, -0.2) is 4.98 Å². The van der Waals surface area contributed by atoms with Crippen LogP contribution in [-0.4, -0.2) is 15.5 Å². The lowest BCUT2D eigenvalue weighted by Crippen LogP contribution is -2.17. The molecule has 0 spiro atoms. The second-order valence-corrected chi connectivity index (χ2v) is 7.55. The number of thiophene rings is 1. The van der Waals surface area contributed by atoms with E-state index in [0.717, 1.165) is 11.1 Å². The number of amides is 1. The quantitative estimate of drug-likeness (QED) is 0.519. The van der Waals surface area contributed by atoms with Gasteiger partial charge in [0.1, 0.15) is 4.83 Å². The number of hydrogen-bond acceptors (Lipinski definition) is 4. The summed E-state index contributed by atoms with van der Waals surface area (Å²) >= 11 is 1.22.